The molecule has 3 heterocycles. The number of hydrogen-bond acceptors (Lipinski definition) is 4. The van der Waals surface area contributed by atoms with Gasteiger partial charge in [0.25, 0.3) is 0 Å². The Morgan fingerprint density at radius 1 is 1.30 bits per heavy atom. The van der Waals surface area contributed by atoms with Crippen LogP contribution >= 0.6 is 0 Å². The molecule has 2 aromatic rings. The molecule has 2 aliphatic heterocycles. The maximum atomic E-state index is 13.2. The fourth-order valence-electron chi connectivity index (χ4n) is 3.44. The molecular formula is C17H18FN3O2. The minimum atomic E-state index is -0.302. The molecule has 1 saturated heterocycles. The summed E-state index contributed by atoms with van der Waals surface area (Å²) in [6.45, 7) is 1.87. The predicted molar refractivity (Wildman–Crippen MR) is 84.2 cm³/mol. The van der Waals surface area contributed by atoms with Crippen LogP contribution in [0.25, 0.3) is 0 Å². The molecule has 23 heavy (non-hydrogen) atoms. The van der Waals surface area contributed by atoms with Crippen molar-refractivity contribution in [1.82, 2.24) is 9.55 Å². The Labute approximate surface area is 133 Å². The summed E-state index contributed by atoms with van der Waals surface area (Å²) in [5.74, 6) is 0.893. The number of hydrogen-bond donors (Lipinski definition) is 0. The second kappa shape index (κ2) is 5.68. The summed E-state index contributed by atoms with van der Waals surface area (Å²) in [6, 6.07) is 8.45. The van der Waals surface area contributed by atoms with Gasteiger partial charge in [-0.3, -0.25) is 4.57 Å². The lowest BCUT2D eigenvalue weighted by atomic mass is 10.0. The van der Waals surface area contributed by atoms with Crippen LogP contribution in [0.1, 0.15) is 24.8 Å². The van der Waals surface area contributed by atoms with Crippen LogP contribution in [-0.2, 0) is 13.2 Å². The van der Waals surface area contributed by atoms with Crippen LogP contribution in [0.2, 0.25) is 0 Å². The van der Waals surface area contributed by atoms with E-state index in [0.29, 0.717) is 24.0 Å². The molecule has 0 radical (unpaired) electrons. The number of piperidine rings is 1. The molecule has 2 aliphatic rings. The summed E-state index contributed by atoms with van der Waals surface area (Å²) < 4.78 is 20.5. The number of rotatable bonds is 3. The molecule has 0 spiro atoms. The first-order valence-corrected chi connectivity index (χ1v) is 7.96. The van der Waals surface area contributed by atoms with E-state index < -0.39 is 0 Å². The average molecular weight is 315 g/mol. The zero-order chi connectivity index (χ0) is 15.8. The average Bonchev–Trinajstić information content (AvgIpc) is 2.93. The van der Waals surface area contributed by atoms with E-state index in [2.05, 4.69) is 9.88 Å². The second-order valence-corrected chi connectivity index (χ2v) is 6.11. The number of fused-ring (bicyclic) bond motifs is 3. The van der Waals surface area contributed by atoms with Crippen molar-refractivity contribution in [3.8, 4) is 5.88 Å². The third-order valence-electron chi connectivity index (χ3n) is 4.56. The van der Waals surface area contributed by atoms with Crippen molar-refractivity contribution in [2.75, 3.05) is 11.4 Å². The summed E-state index contributed by atoms with van der Waals surface area (Å²) in [7, 11) is 0. The molecule has 0 saturated carbocycles. The highest BCUT2D eigenvalue weighted by Gasteiger charge is 2.32. The van der Waals surface area contributed by atoms with Crippen molar-refractivity contribution in [3.05, 3.63) is 52.2 Å². The van der Waals surface area contributed by atoms with Crippen LogP contribution in [0.3, 0.4) is 0 Å². The molecule has 6 heteroatoms. The van der Waals surface area contributed by atoms with Crippen LogP contribution in [0.4, 0.5) is 10.2 Å². The molecule has 4 rings (SSSR count). The number of anilines is 1. The number of benzene rings is 1. The topological polar surface area (TPSA) is 47.4 Å². The second-order valence-electron chi connectivity index (χ2n) is 6.11. The van der Waals surface area contributed by atoms with E-state index in [1.54, 1.807) is 16.7 Å². The Balaban J connectivity index is 1.57. The SMILES string of the molecule is O=c1nc(OCc2cccc(F)c2)cc2n1C[C@@H]1CCCCN21. The van der Waals surface area contributed by atoms with Crippen molar-refractivity contribution < 1.29 is 9.13 Å². The normalized spacial score (nSPS) is 19.3. The lowest BCUT2D eigenvalue weighted by Crippen LogP contribution is -2.36. The quantitative estimate of drug-likeness (QED) is 0.872. The van der Waals surface area contributed by atoms with Crippen LogP contribution in [0.5, 0.6) is 5.88 Å². The third-order valence-corrected chi connectivity index (χ3v) is 4.56. The van der Waals surface area contributed by atoms with E-state index in [4.69, 9.17) is 4.74 Å². The number of nitrogens with zero attached hydrogens (tertiary/aromatic N) is 3. The molecule has 1 aromatic heterocycles. The Morgan fingerprint density at radius 2 is 2.22 bits per heavy atom. The van der Waals surface area contributed by atoms with E-state index in [-0.39, 0.29) is 18.1 Å². The Bertz CT molecular complexity index is 790. The Hall–Kier alpha value is -2.37. The lowest BCUT2D eigenvalue weighted by Gasteiger charge is -2.30. The van der Waals surface area contributed by atoms with Gasteiger partial charge in [0.05, 0.1) is 0 Å². The van der Waals surface area contributed by atoms with Gasteiger partial charge in [-0.25, -0.2) is 9.18 Å². The maximum absolute atomic E-state index is 13.2. The molecule has 1 fully saturated rings. The van der Waals surface area contributed by atoms with Gasteiger partial charge in [-0.1, -0.05) is 12.1 Å². The highest BCUT2D eigenvalue weighted by Crippen LogP contribution is 2.32. The van der Waals surface area contributed by atoms with Gasteiger partial charge in [0.15, 0.2) is 0 Å². The van der Waals surface area contributed by atoms with Gasteiger partial charge >= 0.3 is 5.69 Å². The molecule has 0 aliphatic carbocycles. The third kappa shape index (κ3) is 2.69. The largest absolute Gasteiger partial charge is 0.473 e. The highest BCUT2D eigenvalue weighted by molar-refractivity contribution is 5.47. The summed E-state index contributed by atoms with van der Waals surface area (Å²) in [6.07, 6.45) is 3.47. The van der Waals surface area contributed by atoms with Crippen molar-refractivity contribution in [3.63, 3.8) is 0 Å². The van der Waals surface area contributed by atoms with Gasteiger partial charge in [0, 0.05) is 25.2 Å². The van der Waals surface area contributed by atoms with E-state index in [1.807, 2.05) is 6.07 Å². The predicted octanol–water partition coefficient (Wildman–Crippen LogP) is 2.33. The van der Waals surface area contributed by atoms with Crippen LogP contribution < -0.4 is 15.3 Å². The summed E-state index contributed by atoms with van der Waals surface area (Å²) in [5.41, 5.74) is 0.439. The monoisotopic (exact) mass is 315 g/mol. The number of ether oxygens (including phenoxy) is 1. The summed E-state index contributed by atoms with van der Waals surface area (Å²) in [4.78, 5) is 18.5. The van der Waals surface area contributed by atoms with Gasteiger partial charge in [0.2, 0.25) is 5.88 Å². The molecule has 0 unspecified atom stereocenters. The standard InChI is InChI=1S/C17H18FN3O2/c18-13-5-3-4-12(8-13)11-23-15-9-16-20-7-2-1-6-14(20)10-21(16)17(22)19-15/h3-5,8-9,14H,1-2,6-7,10-11H2/t14-/m0/s1. The van der Waals surface area contributed by atoms with Gasteiger partial charge in [0.1, 0.15) is 18.2 Å². The van der Waals surface area contributed by atoms with Crippen LogP contribution in [0.15, 0.2) is 35.1 Å². The fraction of sp³-hybridized carbons (Fsp3) is 0.412. The van der Waals surface area contributed by atoms with E-state index in [9.17, 15) is 9.18 Å². The minimum absolute atomic E-state index is 0.192. The summed E-state index contributed by atoms with van der Waals surface area (Å²) in [5, 5.41) is 0. The molecule has 120 valence electrons. The van der Waals surface area contributed by atoms with E-state index in [1.165, 1.54) is 18.6 Å². The molecule has 5 nitrogen and oxygen atoms in total. The first-order valence-electron chi connectivity index (χ1n) is 7.96. The van der Waals surface area contributed by atoms with E-state index >= 15 is 0 Å². The number of halogens is 1. The van der Waals surface area contributed by atoms with Gasteiger partial charge in [-0.15, -0.1) is 0 Å². The van der Waals surface area contributed by atoms with Crippen molar-refractivity contribution in [1.29, 1.82) is 0 Å². The minimum Gasteiger partial charge on any atom is -0.473 e. The molecule has 1 aromatic carbocycles. The highest BCUT2D eigenvalue weighted by atomic mass is 19.1. The van der Waals surface area contributed by atoms with Gasteiger partial charge in [-0.05, 0) is 37.0 Å². The van der Waals surface area contributed by atoms with Crippen LogP contribution in [0, 0.1) is 5.82 Å². The maximum Gasteiger partial charge on any atom is 0.352 e. The van der Waals surface area contributed by atoms with Gasteiger partial charge < -0.3 is 9.64 Å². The number of aromatic nitrogens is 2. The van der Waals surface area contributed by atoms with Crippen LogP contribution in [-0.4, -0.2) is 22.1 Å². The Kier molecular flexibility index (Phi) is 3.52. The Morgan fingerprint density at radius 3 is 3.09 bits per heavy atom. The molecular weight excluding hydrogens is 297 g/mol. The smallest absolute Gasteiger partial charge is 0.352 e. The first kappa shape index (κ1) is 14.2. The molecule has 0 N–H and O–H groups in total. The first-order chi connectivity index (χ1) is 11.2. The summed E-state index contributed by atoms with van der Waals surface area (Å²) >= 11 is 0. The van der Waals surface area contributed by atoms with E-state index in [0.717, 1.165) is 25.2 Å². The fourth-order valence-corrected chi connectivity index (χ4v) is 3.44. The van der Waals surface area contributed by atoms with Crippen molar-refractivity contribution >= 4 is 5.82 Å². The lowest BCUT2D eigenvalue weighted by molar-refractivity contribution is 0.291. The van der Waals surface area contributed by atoms with Crippen molar-refractivity contribution in [2.24, 2.45) is 0 Å². The van der Waals surface area contributed by atoms with Gasteiger partial charge in [-0.2, -0.15) is 4.98 Å². The molecule has 0 bridgehead atoms. The zero-order valence-electron chi connectivity index (χ0n) is 12.7. The zero-order valence-corrected chi connectivity index (χ0v) is 12.7. The molecule has 1 atom stereocenters. The molecule has 0 amide bonds. The van der Waals surface area contributed by atoms with Crippen molar-refractivity contribution in [2.45, 2.75) is 38.5 Å².